The third-order valence-electron chi connectivity index (χ3n) is 4.66. The van der Waals surface area contributed by atoms with Gasteiger partial charge in [0.15, 0.2) is 0 Å². The predicted octanol–water partition coefficient (Wildman–Crippen LogP) is 3.72. The van der Waals surface area contributed by atoms with Crippen LogP contribution in [0.15, 0.2) is 35.0 Å². The third kappa shape index (κ3) is 3.74. The summed E-state index contributed by atoms with van der Waals surface area (Å²) in [6.07, 6.45) is 2.01. The lowest BCUT2D eigenvalue weighted by molar-refractivity contribution is -0.117. The maximum absolute atomic E-state index is 14.3. The second-order valence-electron chi connectivity index (χ2n) is 6.41. The number of benzene rings is 1. The van der Waals surface area contributed by atoms with E-state index in [2.05, 4.69) is 5.38 Å². The Bertz CT molecular complexity index is 776. The molecule has 132 valence electrons. The van der Waals surface area contributed by atoms with Gasteiger partial charge in [0.25, 0.3) is 5.91 Å². The van der Waals surface area contributed by atoms with Crippen molar-refractivity contribution in [2.75, 3.05) is 18.5 Å². The topological polar surface area (TPSA) is 40.6 Å². The maximum atomic E-state index is 14.3. The highest BCUT2D eigenvalue weighted by Gasteiger charge is 2.25. The van der Waals surface area contributed by atoms with Gasteiger partial charge in [-0.25, -0.2) is 4.39 Å². The van der Waals surface area contributed by atoms with Crippen molar-refractivity contribution in [1.82, 2.24) is 4.90 Å². The first-order valence-corrected chi connectivity index (χ1v) is 9.30. The highest BCUT2D eigenvalue weighted by Crippen LogP contribution is 2.25. The number of halogens is 1. The quantitative estimate of drug-likeness (QED) is 0.815. The van der Waals surface area contributed by atoms with Gasteiger partial charge in [-0.15, -0.1) is 0 Å². The van der Waals surface area contributed by atoms with Gasteiger partial charge >= 0.3 is 0 Å². The summed E-state index contributed by atoms with van der Waals surface area (Å²) >= 11 is 1.62. The van der Waals surface area contributed by atoms with Crippen LogP contribution in [0.25, 0.3) is 0 Å². The van der Waals surface area contributed by atoms with Crippen LogP contribution < -0.4 is 4.90 Å². The van der Waals surface area contributed by atoms with Gasteiger partial charge < -0.3 is 9.80 Å². The van der Waals surface area contributed by atoms with Crippen LogP contribution in [-0.4, -0.2) is 36.3 Å². The molecule has 2 aromatic rings. The minimum Gasteiger partial charge on any atom is -0.339 e. The molecule has 4 nitrogen and oxygen atoms in total. The van der Waals surface area contributed by atoms with Crippen LogP contribution in [0.4, 0.5) is 10.1 Å². The van der Waals surface area contributed by atoms with Crippen molar-refractivity contribution >= 4 is 28.8 Å². The first-order chi connectivity index (χ1) is 12.0. The third-order valence-corrected chi connectivity index (χ3v) is 5.39. The monoisotopic (exact) mass is 360 g/mol. The van der Waals surface area contributed by atoms with Crippen molar-refractivity contribution in [2.24, 2.45) is 0 Å². The molecule has 0 bridgehead atoms. The number of rotatable bonds is 5. The molecule has 1 unspecified atom stereocenters. The van der Waals surface area contributed by atoms with Gasteiger partial charge in [-0.1, -0.05) is 0 Å². The molecule has 25 heavy (non-hydrogen) atoms. The summed E-state index contributed by atoms with van der Waals surface area (Å²) in [5.74, 6) is -0.909. The Morgan fingerprint density at radius 2 is 2.20 bits per heavy atom. The van der Waals surface area contributed by atoms with Crippen LogP contribution in [0.2, 0.25) is 0 Å². The van der Waals surface area contributed by atoms with E-state index >= 15 is 0 Å². The predicted molar refractivity (Wildman–Crippen MR) is 97.6 cm³/mol. The van der Waals surface area contributed by atoms with Gasteiger partial charge in [-0.3, -0.25) is 9.59 Å². The fourth-order valence-corrected chi connectivity index (χ4v) is 3.72. The lowest BCUT2D eigenvalue weighted by Gasteiger charge is -2.26. The van der Waals surface area contributed by atoms with Gasteiger partial charge in [-0.2, -0.15) is 11.3 Å². The average molecular weight is 360 g/mol. The summed E-state index contributed by atoms with van der Waals surface area (Å²) in [6.45, 7) is 2.56. The number of thiophene rings is 1. The molecule has 2 heterocycles. The average Bonchev–Trinajstić information content (AvgIpc) is 3.25. The molecule has 0 radical (unpaired) electrons. The van der Waals surface area contributed by atoms with Crippen molar-refractivity contribution in [3.05, 3.63) is 52.0 Å². The second kappa shape index (κ2) is 7.35. The lowest BCUT2D eigenvalue weighted by atomic mass is 10.1. The molecule has 1 aliphatic rings. The first-order valence-electron chi connectivity index (χ1n) is 8.35. The van der Waals surface area contributed by atoms with Crippen molar-refractivity contribution in [2.45, 2.75) is 32.2 Å². The number of hydrogen-bond donors (Lipinski definition) is 0. The summed E-state index contributed by atoms with van der Waals surface area (Å²) in [7, 11) is 1.69. The molecule has 1 aliphatic heterocycles. The Labute approximate surface area is 150 Å². The largest absolute Gasteiger partial charge is 0.339 e. The van der Waals surface area contributed by atoms with Crippen molar-refractivity contribution in [3.63, 3.8) is 0 Å². The fraction of sp³-hybridized carbons (Fsp3) is 0.368. The molecule has 1 aromatic carbocycles. The van der Waals surface area contributed by atoms with E-state index in [0.717, 1.165) is 18.4 Å². The van der Waals surface area contributed by atoms with E-state index in [4.69, 9.17) is 0 Å². The van der Waals surface area contributed by atoms with Gasteiger partial charge in [0.05, 0.1) is 5.56 Å². The Morgan fingerprint density at radius 1 is 1.40 bits per heavy atom. The van der Waals surface area contributed by atoms with E-state index in [9.17, 15) is 14.0 Å². The molecule has 1 atom stereocenters. The molecule has 0 N–H and O–H groups in total. The normalized spacial score (nSPS) is 15.5. The second-order valence-corrected chi connectivity index (χ2v) is 7.19. The zero-order valence-corrected chi connectivity index (χ0v) is 15.2. The zero-order chi connectivity index (χ0) is 18.0. The van der Waals surface area contributed by atoms with Crippen molar-refractivity contribution < 1.29 is 14.0 Å². The van der Waals surface area contributed by atoms with E-state index in [-0.39, 0.29) is 23.4 Å². The molecule has 1 saturated heterocycles. The molecular formula is C19H21FN2O2S. The smallest absolute Gasteiger partial charge is 0.256 e. The van der Waals surface area contributed by atoms with Crippen LogP contribution in [0.3, 0.4) is 0 Å². The minimum absolute atomic E-state index is 0.0110. The SMILES string of the molecule is CC(Cc1ccsc1)N(C)C(=O)c1cc(N2CCCC2=O)ccc1F. The van der Waals surface area contributed by atoms with E-state index in [0.29, 0.717) is 18.7 Å². The summed E-state index contributed by atoms with van der Waals surface area (Å²) in [5, 5.41) is 4.05. The molecular weight excluding hydrogens is 339 g/mol. The molecule has 3 rings (SSSR count). The molecule has 6 heteroatoms. The van der Waals surface area contributed by atoms with Gasteiger partial charge in [0, 0.05) is 31.7 Å². The van der Waals surface area contributed by atoms with Crippen LogP contribution in [0, 0.1) is 5.82 Å². The number of anilines is 1. The first kappa shape index (κ1) is 17.6. The Hall–Kier alpha value is -2.21. The fourth-order valence-electron chi connectivity index (χ4n) is 3.04. The highest BCUT2D eigenvalue weighted by atomic mass is 32.1. The number of hydrogen-bond acceptors (Lipinski definition) is 3. The highest BCUT2D eigenvalue weighted by molar-refractivity contribution is 7.07. The number of likely N-dealkylation sites (N-methyl/N-ethyl adjacent to an activating group) is 1. The van der Waals surface area contributed by atoms with Gasteiger partial charge in [-0.05, 0) is 60.4 Å². The Kier molecular flexibility index (Phi) is 5.18. The minimum atomic E-state index is -0.560. The number of nitrogens with zero attached hydrogens (tertiary/aromatic N) is 2. The van der Waals surface area contributed by atoms with E-state index in [1.54, 1.807) is 34.3 Å². The molecule has 0 aliphatic carbocycles. The summed E-state index contributed by atoms with van der Waals surface area (Å²) in [4.78, 5) is 27.8. The van der Waals surface area contributed by atoms with E-state index in [1.807, 2.05) is 18.4 Å². The molecule has 1 aromatic heterocycles. The lowest BCUT2D eigenvalue weighted by Crippen LogP contribution is -2.37. The Morgan fingerprint density at radius 3 is 2.84 bits per heavy atom. The van der Waals surface area contributed by atoms with Gasteiger partial charge in [0.2, 0.25) is 5.91 Å². The standard InChI is InChI=1S/C19H21FN2O2S/c1-13(10-14-7-9-25-12-14)21(2)19(24)16-11-15(5-6-17(16)20)22-8-3-4-18(22)23/h5-7,9,11-13H,3-4,8,10H2,1-2H3. The molecule has 2 amide bonds. The molecule has 1 fully saturated rings. The number of amides is 2. The molecule has 0 saturated carbocycles. The molecule has 0 spiro atoms. The van der Waals surface area contributed by atoms with Crippen LogP contribution in [-0.2, 0) is 11.2 Å². The van der Waals surface area contributed by atoms with Crippen molar-refractivity contribution in [3.8, 4) is 0 Å². The van der Waals surface area contributed by atoms with Crippen LogP contribution >= 0.6 is 11.3 Å². The Balaban J connectivity index is 1.79. The maximum Gasteiger partial charge on any atom is 0.256 e. The summed E-state index contributed by atoms with van der Waals surface area (Å²) in [6, 6.07) is 6.29. The number of carbonyl (C=O) groups excluding carboxylic acids is 2. The van der Waals surface area contributed by atoms with Crippen LogP contribution in [0.1, 0.15) is 35.7 Å². The zero-order valence-electron chi connectivity index (χ0n) is 14.4. The van der Waals surface area contributed by atoms with Crippen LogP contribution in [0.5, 0.6) is 0 Å². The van der Waals surface area contributed by atoms with Crippen molar-refractivity contribution in [1.29, 1.82) is 0 Å². The summed E-state index contributed by atoms with van der Waals surface area (Å²) < 4.78 is 14.3. The van der Waals surface area contributed by atoms with E-state index < -0.39 is 5.82 Å². The summed E-state index contributed by atoms with van der Waals surface area (Å²) in [5.41, 5.74) is 1.76. The van der Waals surface area contributed by atoms with E-state index in [1.165, 1.54) is 12.1 Å². The number of carbonyl (C=O) groups is 2. The van der Waals surface area contributed by atoms with Gasteiger partial charge in [0.1, 0.15) is 5.82 Å².